The van der Waals surface area contributed by atoms with Gasteiger partial charge in [0.15, 0.2) is 0 Å². The molecule has 0 atom stereocenters. The molecule has 0 aromatic carbocycles. The fourth-order valence-electron chi connectivity index (χ4n) is 1.36. The Balaban J connectivity index is 2.69. The molecule has 13 heavy (non-hydrogen) atoms. The maximum Gasteiger partial charge on any atom is 0.229 e. The number of fused-ring (bicyclic) bond motifs is 1. The van der Waals surface area contributed by atoms with Crippen molar-refractivity contribution in [3.05, 3.63) is 12.3 Å². The third kappa shape index (κ3) is 0.932. The van der Waals surface area contributed by atoms with E-state index in [-0.39, 0.29) is 0 Å². The predicted molar refractivity (Wildman–Crippen MR) is 52.9 cm³/mol. The summed E-state index contributed by atoms with van der Waals surface area (Å²) in [6.45, 7) is 2.73. The van der Waals surface area contributed by atoms with Gasteiger partial charge in [-0.3, -0.25) is 0 Å². The Kier molecular flexibility index (Phi) is 1.58. The van der Waals surface area contributed by atoms with Crippen LogP contribution < -0.4 is 16.9 Å². The van der Waals surface area contributed by atoms with Crippen LogP contribution in [0.2, 0.25) is 0 Å². The molecule has 2 rings (SSSR count). The second kappa shape index (κ2) is 2.62. The lowest BCUT2D eigenvalue weighted by molar-refractivity contribution is 0.585. The first-order chi connectivity index (χ1) is 6.25. The van der Waals surface area contributed by atoms with Crippen molar-refractivity contribution in [1.29, 1.82) is 0 Å². The van der Waals surface area contributed by atoms with E-state index in [0.29, 0.717) is 17.2 Å². The van der Waals surface area contributed by atoms with E-state index >= 15 is 0 Å². The van der Waals surface area contributed by atoms with Gasteiger partial charge in [0.1, 0.15) is 5.82 Å². The smallest absolute Gasteiger partial charge is 0.229 e. The van der Waals surface area contributed by atoms with Crippen molar-refractivity contribution in [2.75, 3.05) is 23.4 Å². The van der Waals surface area contributed by atoms with Gasteiger partial charge in [0.25, 0.3) is 0 Å². The lowest BCUT2D eigenvalue weighted by atomic mass is 10.3. The molecule has 5 nitrogen and oxygen atoms in total. The second-order valence-corrected chi connectivity index (χ2v) is 2.79. The molecule has 0 aliphatic carbocycles. The molecule has 70 valence electrons. The molecule has 0 aliphatic rings. The quantitative estimate of drug-likeness (QED) is 0.643. The van der Waals surface area contributed by atoms with Gasteiger partial charge in [-0.2, -0.15) is 0 Å². The van der Waals surface area contributed by atoms with Gasteiger partial charge in [-0.25, -0.2) is 4.68 Å². The van der Waals surface area contributed by atoms with Gasteiger partial charge >= 0.3 is 0 Å². The molecule has 5 heteroatoms. The molecule has 0 radical (unpaired) electrons. The Hall–Kier alpha value is -1.78. The maximum atomic E-state index is 5.77. The molecule has 0 bridgehead atoms. The van der Waals surface area contributed by atoms with Crippen molar-refractivity contribution in [3.63, 3.8) is 0 Å². The zero-order valence-electron chi connectivity index (χ0n) is 7.37. The zero-order chi connectivity index (χ0) is 9.42. The lowest BCUT2D eigenvalue weighted by Crippen LogP contribution is -2.16. The van der Waals surface area contributed by atoms with Crippen LogP contribution in [0.5, 0.6) is 0 Å². The highest BCUT2D eigenvalue weighted by atomic mass is 16.3. The highest BCUT2D eigenvalue weighted by Crippen LogP contribution is 2.29. The number of nitrogens with one attached hydrogen (secondary N) is 1. The number of hydrogen-bond acceptors (Lipinski definition) is 4. The minimum atomic E-state index is 0.496. The van der Waals surface area contributed by atoms with Gasteiger partial charge in [-0.15, -0.1) is 0 Å². The number of nitrogens with zero attached hydrogens (tertiary/aromatic N) is 1. The number of aromatic nitrogens is 1. The number of hydrogen-bond donors (Lipinski definition) is 3. The van der Waals surface area contributed by atoms with E-state index in [1.807, 2.05) is 6.92 Å². The molecule has 5 N–H and O–H groups in total. The van der Waals surface area contributed by atoms with Crippen LogP contribution in [0.25, 0.3) is 11.1 Å². The molecule has 0 unspecified atom stereocenters. The molecular weight excluding hydrogens is 168 g/mol. The fourth-order valence-corrected chi connectivity index (χ4v) is 1.36. The van der Waals surface area contributed by atoms with Crippen molar-refractivity contribution in [3.8, 4) is 0 Å². The molecule has 0 amide bonds. The highest BCUT2D eigenvalue weighted by molar-refractivity contribution is 5.95. The minimum absolute atomic E-state index is 0.496. The van der Waals surface area contributed by atoms with Crippen LogP contribution in [-0.2, 0) is 0 Å². The Bertz CT molecular complexity index is 428. The largest absolute Gasteiger partial charge is 0.446 e. The van der Waals surface area contributed by atoms with Crippen molar-refractivity contribution in [1.82, 2.24) is 4.68 Å². The number of anilines is 2. The van der Waals surface area contributed by atoms with Crippen LogP contribution in [0.1, 0.15) is 6.92 Å². The summed E-state index contributed by atoms with van der Waals surface area (Å²) in [4.78, 5) is 0. The summed E-state index contributed by atoms with van der Waals surface area (Å²) < 4.78 is 6.90. The number of rotatable bonds is 2. The van der Waals surface area contributed by atoms with E-state index in [0.717, 1.165) is 11.9 Å². The summed E-state index contributed by atoms with van der Waals surface area (Å²) in [5.41, 5.74) is 15.8. The van der Waals surface area contributed by atoms with Crippen molar-refractivity contribution < 1.29 is 4.42 Å². The van der Waals surface area contributed by atoms with Gasteiger partial charge < -0.3 is 21.3 Å². The van der Waals surface area contributed by atoms with E-state index in [9.17, 15) is 0 Å². The second-order valence-electron chi connectivity index (χ2n) is 2.79. The summed E-state index contributed by atoms with van der Waals surface area (Å²) in [7, 11) is 0. The van der Waals surface area contributed by atoms with E-state index in [4.69, 9.17) is 15.9 Å². The van der Waals surface area contributed by atoms with Crippen LogP contribution in [0.3, 0.4) is 0 Å². The monoisotopic (exact) mass is 180 g/mol. The number of nitrogens with two attached hydrogens (primary N) is 2. The average Bonchev–Trinajstić information content (AvgIpc) is 2.66. The number of furan rings is 1. The predicted octanol–water partition coefficient (Wildman–Crippen LogP) is 0.962. The summed E-state index contributed by atoms with van der Waals surface area (Å²) in [6.07, 6.45) is 1.59. The van der Waals surface area contributed by atoms with Gasteiger partial charge in [0, 0.05) is 6.54 Å². The molecule has 0 saturated heterocycles. The molecule has 2 aromatic rings. The molecule has 0 saturated carbocycles. The van der Waals surface area contributed by atoms with Crippen LogP contribution >= 0.6 is 0 Å². The van der Waals surface area contributed by atoms with Gasteiger partial charge in [-0.1, -0.05) is 0 Å². The highest BCUT2D eigenvalue weighted by Gasteiger charge is 2.13. The third-order valence-electron chi connectivity index (χ3n) is 1.97. The van der Waals surface area contributed by atoms with E-state index in [1.165, 1.54) is 0 Å². The van der Waals surface area contributed by atoms with Crippen molar-refractivity contribution in [2.24, 2.45) is 0 Å². The average molecular weight is 180 g/mol. The van der Waals surface area contributed by atoms with E-state index in [1.54, 1.807) is 17.0 Å². The molecular formula is C8H12N4O. The van der Waals surface area contributed by atoms with Crippen LogP contribution in [0, 0.1) is 0 Å². The Labute approximate surface area is 75.3 Å². The lowest BCUT2D eigenvalue weighted by Gasteiger charge is -2.06. The first-order valence-corrected chi connectivity index (χ1v) is 4.12. The Morgan fingerprint density at radius 1 is 1.54 bits per heavy atom. The van der Waals surface area contributed by atoms with Crippen LogP contribution in [-0.4, -0.2) is 11.2 Å². The summed E-state index contributed by atoms with van der Waals surface area (Å²) in [5, 5.41) is 0.846. The fraction of sp³-hybridized carbons (Fsp3) is 0.250. The molecule has 0 aliphatic heterocycles. The summed E-state index contributed by atoms with van der Waals surface area (Å²) >= 11 is 0. The van der Waals surface area contributed by atoms with Gasteiger partial charge in [0.05, 0.1) is 17.3 Å². The first kappa shape index (κ1) is 7.85. The van der Waals surface area contributed by atoms with E-state index < -0.39 is 0 Å². The molecule has 2 aromatic heterocycles. The minimum Gasteiger partial charge on any atom is -0.446 e. The van der Waals surface area contributed by atoms with E-state index in [2.05, 4.69) is 5.43 Å². The zero-order valence-corrected chi connectivity index (χ0v) is 7.37. The molecule has 0 spiro atoms. The van der Waals surface area contributed by atoms with Crippen molar-refractivity contribution >= 4 is 22.6 Å². The maximum absolute atomic E-state index is 5.77. The normalized spacial score (nSPS) is 10.8. The Morgan fingerprint density at radius 2 is 2.31 bits per heavy atom. The SMILES string of the molecule is CCNn1c(N)c(N)c2ccoc21. The first-order valence-electron chi connectivity index (χ1n) is 4.12. The molecule has 2 heterocycles. The van der Waals surface area contributed by atoms with Gasteiger partial charge in [-0.05, 0) is 13.0 Å². The summed E-state index contributed by atoms with van der Waals surface area (Å²) in [5.74, 6) is 0.496. The van der Waals surface area contributed by atoms with Crippen molar-refractivity contribution in [2.45, 2.75) is 6.92 Å². The Morgan fingerprint density at radius 3 is 3.00 bits per heavy atom. The summed E-state index contributed by atoms with van der Waals surface area (Å²) in [6, 6.07) is 1.80. The van der Waals surface area contributed by atoms with Gasteiger partial charge in [0.2, 0.25) is 5.71 Å². The topological polar surface area (TPSA) is 82.1 Å². The molecule has 0 fully saturated rings. The van der Waals surface area contributed by atoms with Crippen LogP contribution in [0.15, 0.2) is 16.7 Å². The standard InChI is InChI=1S/C8H12N4O/c1-2-11-12-7(10)6(9)5-3-4-13-8(5)12/h3-4,11H,2,9-10H2,1H3. The van der Waals surface area contributed by atoms with Crippen LogP contribution in [0.4, 0.5) is 11.5 Å². The number of nitrogen functional groups attached to an aromatic ring is 2. The third-order valence-corrected chi connectivity index (χ3v) is 1.97.